The minimum absolute atomic E-state index is 0.00741. The molecular weight excluding hydrogens is 470 g/mol. The lowest BCUT2D eigenvalue weighted by atomic mass is 10.2. The fourth-order valence-electron chi connectivity index (χ4n) is 3.68. The molecule has 0 aromatic heterocycles. The van der Waals surface area contributed by atoms with Crippen molar-refractivity contribution in [1.29, 1.82) is 0 Å². The summed E-state index contributed by atoms with van der Waals surface area (Å²) in [5.74, 6) is 0.747. The maximum absolute atomic E-state index is 12.6. The van der Waals surface area contributed by atoms with Gasteiger partial charge in [0.2, 0.25) is 5.91 Å². The second kappa shape index (κ2) is 10.4. The van der Waals surface area contributed by atoms with Crippen LogP contribution < -0.4 is 9.64 Å². The molecule has 3 rings (SSSR count). The van der Waals surface area contributed by atoms with Crippen LogP contribution >= 0.6 is 11.6 Å². The molecule has 0 radical (unpaired) electrons. The monoisotopic (exact) mass is 495 g/mol. The molecule has 1 aliphatic heterocycles. The molecule has 0 atom stereocenters. The molecule has 0 spiro atoms. The van der Waals surface area contributed by atoms with Gasteiger partial charge in [0, 0.05) is 49.9 Å². The van der Waals surface area contributed by atoms with Crippen LogP contribution in [-0.4, -0.2) is 63.2 Å². The third kappa shape index (κ3) is 6.35. The molecule has 1 amide bonds. The van der Waals surface area contributed by atoms with Crippen LogP contribution in [0, 0.1) is 17.0 Å². The second-order valence-electron chi connectivity index (χ2n) is 7.91. The number of nitrogens with zero attached hydrogens (tertiary/aromatic N) is 3. The SMILES string of the molecule is Cc1cc(Cl)ccc1OCCCC(=O)N1CCN(c2ccc(S(C)(=O)=O)cc2[N+](=O)[O-])CC1. The number of nitro benzene ring substituents is 1. The molecule has 0 aliphatic carbocycles. The molecule has 0 bridgehead atoms. The number of halogens is 1. The average molecular weight is 496 g/mol. The van der Waals surface area contributed by atoms with Gasteiger partial charge in [-0.3, -0.25) is 14.9 Å². The van der Waals surface area contributed by atoms with Gasteiger partial charge in [-0.25, -0.2) is 8.42 Å². The van der Waals surface area contributed by atoms with Gasteiger partial charge >= 0.3 is 0 Å². The van der Waals surface area contributed by atoms with Crippen LogP contribution in [0.5, 0.6) is 5.75 Å². The Morgan fingerprint density at radius 1 is 1.15 bits per heavy atom. The highest BCUT2D eigenvalue weighted by Gasteiger charge is 2.27. The third-order valence-corrected chi connectivity index (χ3v) is 6.82. The van der Waals surface area contributed by atoms with E-state index in [0.717, 1.165) is 23.6 Å². The lowest BCUT2D eigenvalue weighted by Crippen LogP contribution is -2.49. The normalized spacial score (nSPS) is 14.3. The summed E-state index contributed by atoms with van der Waals surface area (Å²) in [4.78, 5) is 26.9. The Kier molecular flexibility index (Phi) is 7.80. The van der Waals surface area contributed by atoms with Crippen molar-refractivity contribution in [3.8, 4) is 5.75 Å². The van der Waals surface area contributed by atoms with Crippen molar-refractivity contribution >= 4 is 38.7 Å². The zero-order valence-electron chi connectivity index (χ0n) is 18.5. The van der Waals surface area contributed by atoms with Crippen molar-refractivity contribution in [2.45, 2.75) is 24.7 Å². The first-order valence-corrected chi connectivity index (χ1v) is 12.7. The first-order chi connectivity index (χ1) is 15.6. The van der Waals surface area contributed by atoms with Crippen LogP contribution in [0.15, 0.2) is 41.3 Å². The van der Waals surface area contributed by atoms with E-state index in [4.69, 9.17) is 16.3 Å². The summed E-state index contributed by atoms with van der Waals surface area (Å²) in [5.41, 5.74) is 1.03. The Morgan fingerprint density at radius 2 is 1.85 bits per heavy atom. The topological polar surface area (TPSA) is 110 Å². The summed E-state index contributed by atoms with van der Waals surface area (Å²) in [6.45, 7) is 4.02. The lowest BCUT2D eigenvalue weighted by molar-refractivity contribution is -0.384. The average Bonchev–Trinajstić information content (AvgIpc) is 2.76. The number of sulfone groups is 1. The number of anilines is 1. The number of carbonyl (C=O) groups is 1. The summed E-state index contributed by atoms with van der Waals surface area (Å²) in [6, 6.07) is 9.30. The van der Waals surface area contributed by atoms with Gasteiger partial charge < -0.3 is 14.5 Å². The van der Waals surface area contributed by atoms with Crippen molar-refractivity contribution in [3.05, 3.63) is 57.1 Å². The minimum atomic E-state index is -3.55. The van der Waals surface area contributed by atoms with Crippen LogP contribution in [-0.2, 0) is 14.6 Å². The van der Waals surface area contributed by atoms with Gasteiger partial charge in [-0.05, 0) is 49.2 Å². The highest BCUT2D eigenvalue weighted by atomic mass is 35.5. The number of benzene rings is 2. The fraction of sp³-hybridized carbons (Fsp3) is 0.409. The first-order valence-electron chi connectivity index (χ1n) is 10.5. The molecule has 0 unspecified atom stereocenters. The van der Waals surface area contributed by atoms with E-state index < -0.39 is 14.8 Å². The maximum Gasteiger partial charge on any atom is 0.293 e. The number of piperazine rings is 1. The molecule has 9 nitrogen and oxygen atoms in total. The van der Waals surface area contributed by atoms with Crippen molar-refractivity contribution in [2.75, 3.05) is 43.9 Å². The molecule has 2 aromatic rings. The number of amides is 1. The minimum Gasteiger partial charge on any atom is -0.493 e. The van der Waals surface area contributed by atoms with E-state index in [2.05, 4.69) is 0 Å². The molecule has 178 valence electrons. The van der Waals surface area contributed by atoms with Gasteiger partial charge in [0.15, 0.2) is 9.84 Å². The Hall–Kier alpha value is -2.85. The molecule has 1 fully saturated rings. The summed E-state index contributed by atoms with van der Waals surface area (Å²) in [6.07, 6.45) is 1.92. The largest absolute Gasteiger partial charge is 0.493 e. The first kappa shape index (κ1) is 24.8. The van der Waals surface area contributed by atoms with Crippen LogP contribution in [0.1, 0.15) is 18.4 Å². The number of hydrogen-bond acceptors (Lipinski definition) is 7. The molecule has 33 heavy (non-hydrogen) atoms. The summed E-state index contributed by atoms with van der Waals surface area (Å²) in [5, 5.41) is 12.1. The van der Waals surface area contributed by atoms with E-state index in [9.17, 15) is 23.3 Å². The Balaban J connectivity index is 1.52. The van der Waals surface area contributed by atoms with Crippen molar-refractivity contribution in [2.24, 2.45) is 0 Å². The van der Waals surface area contributed by atoms with Crippen molar-refractivity contribution < 1.29 is 22.9 Å². The molecule has 2 aromatic carbocycles. The molecule has 0 N–H and O–H groups in total. The Labute approximate surface area is 198 Å². The van der Waals surface area contributed by atoms with Gasteiger partial charge in [0.1, 0.15) is 11.4 Å². The molecule has 1 aliphatic rings. The summed E-state index contributed by atoms with van der Waals surface area (Å²) < 4.78 is 29.2. The molecule has 1 heterocycles. The van der Waals surface area contributed by atoms with Crippen LogP contribution in [0.3, 0.4) is 0 Å². The Morgan fingerprint density at radius 3 is 2.45 bits per heavy atom. The molecule has 0 saturated carbocycles. The van der Waals surface area contributed by atoms with Gasteiger partial charge in [0.05, 0.1) is 16.4 Å². The van der Waals surface area contributed by atoms with E-state index in [1.54, 1.807) is 21.9 Å². The zero-order valence-corrected chi connectivity index (χ0v) is 20.1. The predicted molar refractivity (Wildman–Crippen MR) is 126 cm³/mol. The Bertz CT molecular complexity index is 1150. The number of carbonyl (C=O) groups excluding carboxylic acids is 1. The van der Waals surface area contributed by atoms with E-state index >= 15 is 0 Å². The van der Waals surface area contributed by atoms with Crippen molar-refractivity contribution in [1.82, 2.24) is 4.90 Å². The van der Waals surface area contributed by atoms with E-state index in [0.29, 0.717) is 56.3 Å². The van der Waals surface area contributed by atoms with Crippen LogP contribution in [0.25, 0.3) is 0 Å². The number of rotatable bonds is 8. The van der Waals surface area contributed by atoms with Gasteiger partial charge in [-0.1, -0.05) is 11.6 Å². The number of nitro groups is 1. The van der Waals surface area contributed by atoms with Gasteiger partial charge in [0.25, 0.3) is 5.69 Å². The number of ether oxygens (including phenoxy) is 1. The zero-order chi connectivity index (χ0) is 24.2. The highest BCUT2D eigenvalue weighted by Crippen LogP contribution is 2.31. The summed E-state index contributed by atoms with van der Waals surface area (Å²) in [7, 11) is -3.55. The van der Waals surface area contributed by atoms with Gasteiger partial charge in [-0.15, -0.1) is 0 Å². The number of aryl methyl sites for hydroxylation is 1. The molecule has 11 heteroatoms. The van der Waals surface area contributed by atoms with Crippen molar-refractivity contribution in [3.63, 3.8) is 0 Å². The molecular formula is C22H26ClN3O6S. The summed E-state index contributed by atoms with van der Waals surface area (Å²) >= 11 is 5.94. The smallest absolute Gasteiger partial charge is 0.293 e. The quantitative estimate of drug-likeness (QED) is 0.313. The van der Waals surface area contributed by atoms with E-state index in [1.165, 1.54) is 12.1 Å². The van der Waals surface area contributed by atoms with Crippen LogP contribution in [0.2, 0.25) is 5.02 Å². The highest BCUT2D eigenvalue weighted by molar-refractivity contribution is 7.90. The standard InChI is InChI=1S/C22H26ClN3O6S/c1-16-14-17(23)5-8-21(16)32-13-3-4-22(27)25-11-9-24(10-12-25)19-7-6-18(33(2,30)31)15-20(19)26(28)29/h5-8,14-15H,3-4,9-13H2,1-2H3. The maximum atomic E-state index is 12.6. The lowest BCUT2D eigenvalue weighted by Gasteiger charge is -2.36. The molecule has 1 saturated heterocycles. The third-order valence-electron chi connectivity index (χ3n) is 5.47. The van der Waals surface area contributed by atoms with E-state index in [-0.39, 0.29) is 16.5 Å². The fourth-order valence-corrected chi connectivity index (χ4v) is 4.55. The second-order valence-corrected chi connectivity index (χ2v) is 10.4. The predicted octanol–water partition coefficient (Wildman–Crippen LogP) is 3.47. The van der Waals surface area contributed by atoms with Crippen LogP contribution in [0.4, 0.5) is 11.4 Å². The van der Waals surface area contributed by atoms with Gasteiger partial charge in [-0.2, -0.15) is 0 Å². The van der Waals surface area contributed by atoms with E-state index in [1.807, 2.05) is 13.0 Å². The number of hydrogen-bond donors (Lipinski definition) is 0.